The first kappa shape index (κ1) is 26.4. The second-order valence-corrected chi connectivity index (χ2v) is 9.28. The quantitative estimate of drug-likeness (QED) is 0.242. The Bertz CT molecular complexity index is 1430. The molecule has 0 aliphatic carbocycles. The molecule has 0 spiro atoms. The van der Waals surface area contributed by atoms with Gasteiger partial charge in [-0.2, -0.15) is 0 Å². The lowest BCUT2D eigenvalue weighted by Gasteiger charge is -2.27. The molecule has 194 valence electrons. The molecule has 1 heterocycles. The number of carbonyl (C=O) groups is 3. The zero-order valence-corrected chi connectivity index (χ0v) is 22.0. The second-order valence-electron chi connectivity index (χ2n) is 9.28. The summed E-state index contributed by atoms with van der Waals surface area (Å²) in [5.74, 6) is -0.451. The van der Waals surface area contributed by atoms with E-state index >= 15 is 0 Å². The van der Waals surface area contributed by atoms with Crippen LogP contribution >= 0.6 is 0 Å². The third-order valence-electron chi connectivity index (χ3n) is 6.12. The topological polar surface area (TPSA) is 84.9 Å². The molecule has 3 aromatic rings. The van der Waals surface area contributed by atoms with Crippen molar-refractivity contribution in [3.8, 4) is 11.5 Å². The van der Waals surface area contributed by atoms with Crippen molar-refractivity contribution < 1.29 is 23.9 Å². The molecule has 7 nitrogen and oxygen atoms in total. The van der Waals surface area contributed by atoms with Crippen molar-refractivity contribution in [1.29, 1.82) is 0 Å². The fourth-order valence-corrected chi connectivity index (χ4v) is 4.37. The number of allylic oxidation sites excluding steroid dienone is 1. The van der Waals surface area contributed by atoms with Crippen molar-refractivity contribution in [2.75, 3.05) is 12.0 Å². The number of aryl methyl sites for hydroxylation is 3. The van der Waals surface area contributed by atoms with Gasteiger partial charge in [0.15, 0.2) is 11.5 Å². The highest BCUT2D eigenvalue weighted by molar-refractivity contribution is 6.39. The Balaban J connectivity index is 1.70. The maximum atomic E-state index is 13.4. The zero-order valence-electron chi connectivity index (χ0n) is 22.0. The minimum absolute atomic E-state index is 0.163. The minimum Gasteiger partial charge on any atom is -0.493 e. The number of urea groups is 1. The van der Waals surface area contributed by atoms with Crippen LogP contribution in [0.1, 0.15) is 33.4 Å². The summed E-state index contributed by atoms with van der Waals surface area (Å²) in [4.78, 5) is 39.7. The number of carbonyl (C=O) groups excluding carboxylic acids is 3. The number of benzene rings is 3. The van der Waals surface area contributed by atoms with E-state index in [1.165, 1.54) is 13.2 Å². The highest BCUT2D eigenvalue weighted by atomic mass is 16.5. The van der Waals surface area contributed by atoms with Gasteiger partial charge in [0.05, 0.1) is 12.8 Å². The first-order valence-electron chi connectivity index (χ1n) is 12.2. The molecule has 38 heavy (non-hydrogen) atoms. The fourth-order valence-electron chi connectivity index (χ4n) is 4.37. The van der Waals surface area contributed by atoms with Gasteiger partial charge in [-0.1, -0.05) is 42.0 Å². The summed E-state index contributed by atoms with van der Waals surface area (Å²) in [5.41, 5.74) is 5.52. The number of amides is 4. The Morgan fingerprint density at radius 2 is 1.61 bits per heavy atom. The van der Waals surface area contributed by atoms with E-state index in [9.17, 15) is 14.4 Å². The molecule has 1 fully saturated rings. The number of nitrogens with zero attached hydrogens (tertiary/aromatic N) is 1. The van der Waals surface area contributed by atoms with Gasteiger partial charge in [-0.05, 0) is 79.8 Å². The first-order chi connectivity index (χ1) is 18.2. The molecule has 1 aliphatic heterocycles. The lowest BCUT2D eigenvalue weighted by atomic mass is 10.0. The van der Waals surface area contributed by atoms with Crippen molar-refractivity contribution in [1.82, 2.24) is 5.32 Å². The van der Waals surface area contributed by atoms with Crippen molar-refractivity contribution in [2.24, 2.45) is 0 Å². The van der Waals surface area contributed by atoms with Crippen LogP contribution in [0.15, 0.2) is 72.8 Å². The van der Waals surface area contributed by atoms with Crippen LogP contribution in [0.25, 0.3) is 6.08 Å². The average Bonchev–Trinajstić information content (AvgIpc) is 2.86. The molecular weight excluding hydrogens is 480 g/mol. The van der Waals surface area contributed by atoms with Crippen LogP contribution in [-0.2, 0) is 22.6 Å². The van der Waals surface area contributed by atoms with Crippen LogP contribution in [0, 0.1) is 20.8 Å². The third kappa shape index (κ3) is 5.67. The summed E-state index contributed by atoms with van der Waals surface area (Å²) in [7, 11) is 1.53. The molecule has 1 saturated heterocycles. The average molecular weight is 511 g/mol. The zero-order chi connectivity index (χ0) is 27.4. The molecule has 0 aromatic heterocycles. The maximum Gasteiger partial charge on any atom is 0.335 e. The summed E-state index contributed by atoms with van der Waals surface area (Å²) in [6.07, 6.45) is 3.67. The minimum atomic E-state index is -0.785. The Morgan fingerprint density at radius 3 is 2.24 bits per heavy atom. The SMILES string of the molecule is C=CCc1cc(/C=C2\C(=O)NC(=O)N(c3cc(C)cc(C)c3)C2=O)cc(OC)c1OCc1ccc(C)cc1. The van der Waals surface area contributed by atoms with Crippen LogP contribution in [0.3, 0.4) is 0 Å². The van der Waals surface area contributed by atoms with Gasteiger partial charge >= 0.3 is 6.03 Å². The van der Waals surface area contributed by atoms with Gasteiger partial charge in [0.2, 0.25) is 0 Å². The molecule has 1 N–H and O–H groups in total. The molecule has 0 unspecified atom stereocenters. The van der Waals surface area contributed by atoms with E-state index in [0.29, 0.717) is 35.8 Å². The molecule has 0 atom stereocenters. The summed E-state index contributed by atoms with van der Waals surface area (Å²) in [5, 5.41) is 2.28. The van der Waals surface area contributed by atoms with Crippen molar-refractivity contribution >= 4 is 29.6 Å². The fraction of sp³-hybridized carbons (Fsp3) is 0.194. The van der Waals surface area contributed by atoms with Crippen molar-refractivity contribution in [3.63, 3.8) is 0 Å². The second kappa shape index (κ2) is 11.2. The number of imide groups is 2. The van der Waals surface area contributed by atoms with E-state index in [4.69, 9.17) is 9.47 Å². The van der Waals surface area contributed by atoms with E-state index in [1.807, 2.05) is 57.2 Å². The van der Waals surface area contributed by atoms with Gasteiger partial charge in [0.1, 0.15) is 12.2 Å². The molecule has 0 bridgehead atoms. The Hall–Kier alpha value is -4.65. The van der Waals surface area contributed by atoms with Gasteiger partial charge < -0.3 is 9.47 Å². The molecule has 4 amide bonds. The summed E-state index contributed by atoms with van der Waals surface area (Å²) < 4.78 is 11.8. The summed E-state index contributed by atoms with van der Waals surface area (Å²) in [6.45, 7) is 9.96. The Kier molecular flexibility index (Phi) is 7.76. The number of hydrogen-bond donors (Lipinski definition) is 1. The summed E-state index contributed by atoms with van der Waals surface area (Å²) >= 11 is 0. The van der Waals surface area contributed by atoms with Crippen molar-refractivity contribution in [2.45, 2.75) is 33.8 Å². The standard InChI is InChI=1S/C31H30N2O5/c1-6-7-24-15-23(17-27(37-5)28(24)38-18-22-10-8-19(2)9-11-22)16-26-29(34)32-31(36)33(30(26)35)25-13-20(3)12-21(4)14-25/h6,8-17H,1,7,18H2,2-5H3,(H,32,34,36)/b26-16+. The number of hydrogen-bond acceptors (Lipinski definition) is 5. The number of barbiturate groups is 1. The van der Waals surface area contributed by atoms with Gasteiger partial charge in [0.25, 0.3) is 11.8 Å². The van der Waals surface area contributed by atoms with E-state index in [0.717, 1.165) is 32.7 Å². The van der Waals surface area contributed by atoms with Crippen molar-refractivity contribution in [3.05, 3.63) is 106 Å². The van der Waals surface area contributed by atoms with Crippen LogP contribution in [0.2, 0.25) is 0 Å². The maximum absolute atomic E-state index is 13.4. The Labute approximate surface area is 222 Å². The van der Waals surface area contributed by atoms with E-state index in [-0.39, 0.29) is 5.57 Å². The normalized spacial score (nSPS) is 14.5. The van der Waals surface area contributed by atoms with Gasteiger partial charge in [-0.25, -0.2) is 9.69 Å². The Morgan fingerprint density at radius 1 is 0.921 bits per heavy atom. The largest absolute Gasteiger partial charge is 0.493 e. The molecule has 1 aliphatic rings. The number of nitrogens with one attached hydrogen (secondary N) is 1. The molecular formula is C31H30N2O5. The molecule has 0 saturated carbocycles. The van der Waals surface area contributed by atoms with Crippen LogP contribution in [-0.4, -0.2) is 25.0 Å². The predicted molar refractivity (Wildman–Crippen MR) is 147 cm³/mol. The lowest BCUT2D eigenvalue weighted by Crippen LogP contribution is -2.54. The van der Waals surface area contributed by atoms with Gasteiger partial charge in [-0.15, -0.1) is 6.58 Å². The molecule has 3 aromatic carbocycles. The van der Waals surface area contributed by atoms with Crippen LogP contribution in [0.4, 0.5) is 10.5 Å². The smallest absolute Gasteiger partial charge is 0.335 e. The number of methoxy groups -OCH3 is 1. The number of ether oxygens (including phenoxy) is 2. The predicted octanol–water partition coefficient (Wildman–Crippen LogP) is 5.59. The lowest BCUT2D eigenvalue weighted by molar-refractivity contribution is -0.122. The molecule has 0 radical (unpaired) electrons. The van der Waals surface area contributed by atoms with E-state index < -0.39 is 17.8 Å². The molecule has 7 heteroatoms. The van der Waals surface area contributed by atoms with Gasteiger partial charge in [-0.3, -0.25) is 14.9 Å². The number of anilines is 1. The van der Waals surface area contributed by atoms with Crippen LogP contribution in [0.5, 0.6) is 11.5 Å². The first-order valence-corrected chi connectivity index (χ1v) is 12.2. The van der Waals surface area contributed by atoms with Crippen LogP contribution < -0.4 is 19.7 Å². The third-order valence-corrected chi connectivity index (χ3v) is 6.12. The van der Waals surface area contributed by atoms with E-state index in [2.05, 4.69) is 11.9 Å². The molecule has 4 rings (SSSR count). The number of rotatable bonds is 8. The van der Waals surface area contributed by atoms with Gasteiger partial charge in [0, 0.05) is 5.56 Å². The monoisotopic (exact) mass is 510 g/mol. The highest BCUT2D eigenvalue weighted by Crippen LogP contribution is 2.35. The summed E-state index contributed by atoms with van der Waals surface area (Å²) in [6, 6.07) is 16.2. The van der Waals surface area contributed by atoms with E-state index in [1.54, 1.807) is 24.3 Å². The highest BCUT2D eigenvalue weighted by Gasteiger charge is 2.37.